The third kappa shape index (κ3) is 4.48. The van der Waals surface area contributed by atoms with Crippen molar-refractivity contribution in [2.24, 2.45) is 11.7 Å². The molecule has 1 aromatic rings. The van der Waals surface area contributed by atoms with Crippen molar-refractivity contribution >= 4 is 26.0 Å². The molecule has 0 amide bonds. The predicted octanol–water partition coefficient (Wildman–Crippen LogP) is 2.65. The van der Waals surface area contributed by atoms with Gasteiger partial charge < -0.3 is 5.73 Å². The first-order chi connectivity index (χ1) is 9.77. The van der Waals surface area contributed by atoms with E-state index in [2.05, 4.69) is 15.9 Å². The Kier molecular flexibility index (Phi) is 5.40. The molecular weight excluding hydrogens is 359 g/mol. The molecule has 4 nitrogen and oxygen atoms in total. The lowest BCUT2D eigenvalue weighted by Crippen LogP contribution is -2.40. The lowest BCUT2D eigenvalue weighted by Gasteiger charge is -2.32. The molecule has 2 atom stereocenters. The van der Waals surface area contributed by atoms with Crippen LogP contribution < -0.4 is 5.73 Å². The van der Waals surface area contributed by atoms with Gasteiger partial charge in [-0.1, -0.05) is 6.07 Å². The zero-order valence-electron chi connectivity index (χ0n) is 11.9. The molecule has 21 heavy (non-hydrogen) atoms. The first-order valence-corrected chi connectivity index (χ1v) is 9.57. The molecular formula is C14H20BrFN2O2S. The van der Waals surface area contributed by atoms with Crippen LogP contribution in [0.5, 0.6) is 0 Å². The lowest BCUT2D eigenvalue weighted by atomic mass is 9.90. The Hall–Kier alpha value is -0.500. The van der Waals surface area contributed by atoms with E-state index in [4.69, 9.17) is 5.73 Å². The van der Waals surface area contributed by atoms with E-state index in [1.165, 1.54) is 16.6 Å². The number of hydrogen-bond acceptors (Lipinski definition) is 3. The van der Waals surface area contributed by atoms with Crippen LogP contribution in [0.2, 0.25) is 0 Å². The molecule has 2 rings (SSSR count). The number of rotatable bonds is 4. The summed E-state index contributed by atoms with van der Waals surface area (Å²) in [6.45, 7) is 1.11. The third-order valence-electron chi connectivity index (χ3n) is 3.91. The number of halogens is 2. The molecule has 118 valence electrons. The fourth-order valence-corrected chi connectivity index (χ4v) is 4.10. The summed E-state index contributed by atoms with van der Waals surface area (Å²) in [6.07, 6.45) is 3.77. The molecule has 1 aromatic carbocycles. The van der Waals surface area contributed by atoms with E-state index in [0.717, 1.165) is 18.4 Å². The molecule has 0 aromatic heterocycles. The number of benzene rings is 1. The van der Waals surface area contributed by atoms with Crippen molar-refractivity contribution in [1.82, 2.24) is 4.31 Å². The van der Waals surface area contributed by atoms with Gasteiger partial charge in [0, 0.05) is 19.1 Å². The van der Waals surface area contributed by atoms with Crippen LogP contribution in [0.25, 0.3) is 0 Å². The van der Waals surface area contributed by atoms with Gasteiger partial charge in [-0.25, -0.2) is 17.1 Å². The highest BCUT2D eigenvalue weighted by Crippen LogP contribution is 2.28. The molecule has 1 aliphatic heterocycles. The minimum atomic E-state index is -3.14. The third-order valence-corrected chi connectivity index (χ3v) is 5.79. The van der Waals surface area contributed by atoms with Crippen molar-refractivity contribution in [1.29, 1.82) is 0 Å². The zero-order valence-corrected chi connectivity index (χ0v) is 14.3. The maximum Gasteiger partial charge on any atom is 0.211 e. The summed E-state index contributed by atoms with van der Waals surface area (Å²) >= 11 is 3.16. The Morgan fingerprint density at radius 2 is 2.24 bits per heavy atom. The monoisotopic (exact) mass is 378 g/mol. The fourth-order valence-electron chi connectivity index (χ4n) is 2.76. The van der Waals surface area contributed by atoms with Gasteiger partial charge in [-0.2, -0.15) is 0 Å². The van der Waals surface area contributed by atoms with Gasteiger partial charge in [-0.3, -0.25) is 0 Å². The second-order valence-electron chi connectivity index (χ2n) is 5.65. The molecule has 1 heterocycles. The van der Waals surface area contributed by atoms with Crippen LogP contribution in [-0.2, 0) is 10.0 Å². The number of piperidine rings is 1. The molecule has 0 bridgehead atoms. The summed E-state index contributed by atoms with van der Waals surface area (Å²) < 4.78 is 38.4. The lowest BCUT2D eigenvalue weighted by molar-refractivity contribution is 0.247. The normalized spacial score (nSPS) is 22.2. The Bertz CT molecular complexity index is 609. The van der Waals surface area contributed by atoms with Crippen molar-refractivity contribution in [2.75, 3.05) is 19.3 Å². The molecule has 2 N–H and O–H groups in total. The summed E-state index contributed by atoms with van der Waals surface area (Å²) in [5, 5.41) is 0. The van der Waals surface area contributed by atoms with E-state index in [9.17, 15) is 12.8 Å². The van der Waals surface area contributed by atoms with Crippen LogP contribution in [0, 0.1) is 11.7 Å². The van der Waals surface area contributed by atoms with Crippen LogP contribution in [0.15, 0.2) is 22.7 Å². The molecule has 7 heteroatoms. The van der Waals surface area contributed by atoms with Gasteiger partial charge in [0.2, 0.25) is 10.0 Å². The minimum Gasteiger partial charge on any atom is -0.324 e. The van der Waals surface area contributed by atoms with E-state index in [-0.39, 0.29) is 17.8 Å². The summed E-state index contributed by atoms with van der Waals surface area (Å²) in [7, 11) is -3.14. The van der Waals surface area contributed by atoms with E-state index in [1.54, 1.807) is 12.1 Å². The molecule has 1 fully saturated rings. The van der Waals surface area contributed by atoms with Gasteiger partial charge in [-0.15, -0.1) is 0 Å². The summed E-state index contributed by atoms with van der Waals surface area (Å²) in [5.74, 6) is -0.0702. The molecule has 1 saturated heterocycles. The van der Waals surface area contributed by atoms with E-state index < -0.39 is 10.0 Å². The first-order valence-electron chi connectivity index (χ1n) is 6.93. The largest absolute Gasteiger partial charge is 0.324 e. The van der Waals surface area contributed by atoms with Gasteiger partial charge in [0.1, 0.15) is 5.82 Å². The maximum absolute atomic E-state index is 13.2. The van der Waals surface area contributed by atoms with Gasteiger partial charge in [0.15, 0.2) is 0 Å². The number of nitrogens with two attached hydrogens (primary N) is 1. The minimum absolute atomic E-state index is 0.216. The highest BCUT2D eigenvalue weighted by Gasteiger charge is 2.27. The van der Waals surface area contributed by atoms with Crippen LogP contribution in [-0.4, -0.2) is 32.1 Å². The second-order valence-corrected chi connectivity index (χ2v) is 8.48. The molecule has 0 radical (unpaired) electrons. The van der Waals surface area contributed by atoms with Crippen LogP contribution in [0.3, 0.4) is 0 Å². The second kappa shape index (κ2) is 6.73. The van der Waals surface area contributed by atoms with Crippen molar-refractivity contribution in [3.05, 3.63) is 34.1 Å². The van der Waals surface area contributed by atoms with E-state index in [1.807, 2.05) is 0 Å². The molecule has 0 spiro atoms. The maximum atomic E-state index is 13.2. The Labute approximate surface area is 133 Å². The van der Waals surface area contributed by atoms with E-state index in [0.29, 0.717) is 24.0 Å². The standard InChI is InChI=1S/C14H20BrFN2O2S/c1-21(19,20)18-6-2-3-10(9-18)7-14(17)11-4-5-13(16)12(15)8-11/h4-5,8,10,14H,2-3,6-7,9,17H2,1H3. The Morgan fingerprint density at radius 3 is 2.86 bits per heavy atom. The molecule has 1 aliphatic rings. The van der Waals surface area contributed by atoms with Crippen molar-refractivity contribution in [3.8, 4) is 0 Å². The van der Waals surface area contributed by atoms with Gasteiger partial charge in [0.05, 0.1) is 10.7 Å². The predicted molar refractivity (Wildman–Crippen MR) is 84.8 cm³/mol. The average Bonchev–Trinajstić information content (AvgIpc) is 2.41. The molecule has 0 aliphatic carbocycles. The quantitative estimate of drug-likeness (QED) is 0.875. The van der Waals surface area contributed by atoms with Crippen LogP contribution in [0.1, 0.15) is 30.9 Å². The highest BCUT2D eigenvalue weighted by atomic mass is 79.9. The topological polar surface area (TPSA) is 63.4 Å². The summed E-state index contributed by atoms with van der Waals surface area (Å²) in [4.78, 5) is 0. The van der Waals surface area contributed by atoms with Crippen molar-refractivity contribution < 1.29 is 12.8 Å². The number of nitrogens with zero attached hydrogens (tertiary/aromatic N) is 1. The van der Waals surface area contributed by atoms with Crippen molar-refractivity contribution in [2.45, 2.75) is 25.3 Å². The van der Waals surface area contributed by atoms with Gasteiger partial charge in [0.25, 0.3) is 0 Å². The highest BCUT2D eigenvalue weighted by molar-refractivity contribution is 9.10. The number of sulfonamides is 1. The molecule has 0 saturated carbocycles. The average molecular weight is 379 g/mol. The van der Waals surface area contributed by atoms with Crippen molar-refractivity contribution in [3.63, 3.8) is 0 Å². The Morgan fingerprint density at radius 1 is 1.52 bits per heavy atom. The fraction of sp³-hybridized carbons (Fsp3) is 0.571. The zero-order chi connectivity index (χ0) is 15.6. The summed E-state index contributed by atoms with van der Waals surface area (Å²) in [6, 6.07) is 4.55. The van der Waals surface area contributed by atoms with E-state index >= 15 is 0 Å². The van der Waals surface area contributed by atoms with Gasteiger partial charge in [-0.05, 0) is 58.8 Å². The van der Waals surface area contributed by atoms with Gasteiger partial charge >= 0.3 is 0 Å². The SMILES string of the molecule is CS(=O)(=O)N1CCCC(CC(N)c2ccc(F)c(Br)c2)C1. The van der Waals surface area contributed by atoms with Crippen LogP contribution >= 0.6 is 15.9 Å². The van der Waals surface area contributed by atoms with Crippen LogP contribution in [0.4, 0.5) is 4.39 Å². The Balaban J connectivity index is 2.02. The summed E-state index contributed by atoms with van der Waals surface area (Å²) in [5.41, 5.74) is 7.05. The smallest absolute Gasteiger partial charge is 0.211 e. The molecule has 2 unspecified atom stereocenters. The number of hydrogen-bond donors (Lipinski definition) is 1. The first kappa shape index (κ1) is 16.9.